The zero-order valence-electron chi connectivity index (χ0n) is 23.4. The highest BCUT2D eigenvalue weighted by molar-refractivity contribution is 5.66. The van der Waals surface area contributed by atoms with Crippen LogP contribution in [0.5, 0.6) is 0 Å². The molecule has 0 spiro atoms. The summed E-state index contributed by atoms with van der Waals surface area (Å²) in [4.78, 5) is 20.6. The maximum Gasteiger partial charge on any atom is 0.533 e. The first kappa shape index (κ1) is 30.4. The lowest BCUT2D eigenvalue weighted by atomic mass is 9.95. The Balaban J connectivity index is 1.61. The highest BCUT2D eigenvalue weighted by atomic mass is 19.4. The largest absolute Gasteiger partial charge is 0.533 e. The molecule has 232 valence electrons. The van der Waals surface area contributed by atoms with Crippen molar-refractivity contribution in [2.45, 2.75) is 70.9 Å². The van der Waals surface area contributed by atoms with E-state index in [-0.39, 0.29) is 24.1 Å². The number of nitrogens with zero attached hydrogens (tertiary/aromatic N) is 6. The number of anilines is 2. The fourth-order valence-electron chi connectivity index (χ4n) is 5.16. The van der Waals surface area contributed by atoms with Gasteiger partial charge >= 0.3 is 18.5 Å². The van der Waals surface area contributed by atoms with Gasteiger partial charge in [-0.3, -0.25) is 0 Å². The number of aryl methyl sites for hydroxylation is 1. The number of carbonyl (C=O) groups is 1. The van der Waals surface area contributed by atoms with E-state index in [1.54, 1.807) is 19.9 Å². The maximum atomic E-state index is 13.7. The van der Waals surface area contributed by atoms with Gasteiger partial charge < -0.3 is 19.2 Å². The van der Waals surface area contributed by atoms with Crippen molar-refractivity contribution < 1.29 is 45.4 Å². The van der Waals surface area contributed by atoms with E-state index in [9.17, 15) is 31.1 Å². The number of ether oxygens (including phenoxy) is 2. The van der Waals surface area contributed by atoms with Gasteiger partial charge in [0.25, 0.3) is 5.95 Å². The first-order valence-electron chi connectivity index (χ1n) is 13.4. The molecule has 0 amide bonds. The van der Waals surface area contributed by atoms with E-state index in [4.69, 9.17) is 14.3 Å². The summed E-state index contributed by atoms with van der Waals surface area (Å²) in [6, 6.07) is 4.43. The first-order chi connectivity index (χ1) is 20.2. The summed E-state index contributed by atoms with van der Waals surface area (Å²) in [6.07, 6.45) is -10.6. The Bertz CT molecular complexity index is 1460. The van der Waals surface area contributed by atoms with Crippen molar-refractivity contribution >= 4 is 17.8 Å². The SMILES string of the molecule is CC(C)OC(=O)ON1CCC[C@H](N(Cc2cc(C(F)(F)F)cc(C(F)(F)F)c2)c2nnn(C)n2)c2cc3c(cc21)COC3. The molecule has 2 aromatic carbocycles. The fraction of sp³-hybridized carbons (Fsp3) is 0.481. The summed E-state index contributed by atoms with van der Waals surface area (Å²) < 4.78 is 92.8. The Morgan fingerprint density at radius 3 is 2.28 bits per heavy atom. The molecule has 0 aliphatic carbocycles. The minimum absolute atomic E-state index is 0.00486. The molecule has 2 aliphatic heterocycles. The number of tetrazole rings is 1. The topological polar surface area (TPSA) is 94.8 Å². The predicted molar refractivity (Wildman–Crippen MR) is 138 cm³/mol. The lowest BCUT2D eigenvalue weighted by Gasteiger charge is -2.32. The van der Waals surface area contributed by atoms with E-state index in [0.717, 1.165) is 15.9 Å². The second-order valence-electron chi connectivity index (χ2n) is 10.6. The Hall–Kier alpha value is -4.08. The number of hydrogen-bond acceptors (Lipinski definition) is 9. The molecule has 3 heterocycles. The second kappa shape index (κ2) is 11.5. The summed E-state index contributed by atoms with van der Waals surface area (Å²) in [5.74, 6) is -0.00486. The Kier molecular flexibility index (Phi) is 8.15. The van der Waals surface area contributed by atoms with Gasteiger partial charge in [0.1, 0.15) is 0 Å². The number of rotatable bonds is 6. The van der Waals surface area contributed by atoms with Gasteiger partial charge in [-0.15, -0.1) is 5.10 Å². The fourth-order valence-corrected chi connectivity index (χ4v) is 5.16. The number of hydroxylamine groups is 1. The first-order valence-corrected chi connectivity index (χ1v) is 13.4. The Morgan fingerprint density at radius 1 is 1.05 bits per heavy atom. The molecule has 0 fully saturated rings. The molecule has 1 atom stereocenters. The van der Waals surface area contributed by atoms with Crippen molar-refractivity contribution in [2.24, 2.45) is 7.05 Å². The Labute approximate surface area is 242 Å². The number of benzene rings is 2. The third kappa shape index (κ3) is 6.78. The number of hydrogen-bond donors (Lipinski definition) is 0. The zero-order valence-corrected chi connectivity index (χ0v) is 23.4. The Morgan fingerprint density at radius 2 is 1.70 bits per heavy atom. The average Bonchev–Trinajstić information content (AvgIpc) is 3.51. The second-order valence-corrected chi connectivity index (χ2v) is 10.6. The minimum atomic E-state index is -5.01. The molecule has 43 heavy (non-hydrogen) atoms. The predicted octanol–water partition coefficient (Wildman–Crippen LogP) is 6.10. The number of carbonyl (C=O) groups excluding carboxylic acids is 1. The number of fused-ring (bicyclic) bond motifs is 2. The zero-order chi connectivity index (χ0) is 31.1. The molecule has 0 N–H and O–H groups in total. The minimum Gasteiger partial charge on any atom is -0.430 e. The van der Waals surface area contributed by atoms with E-state index in [2.05, 4.69) is 15.4 Å². The number of alkyl halides is 6. The van der Waals surface area contributed by atoms with Crippen LogP contribution in [-0.4, -0.2) is 39.0 Å². The quantitative estimate of drug-likeness (QED) is 0.241. The summed E-state index contributed by atoms with van der Waals surface area (Å²) >= 11 is 0. The molecule has 16 heteroatoms. The third-order valence-corrected chi connectivity index (χ3v) is 6.98. The molecule has 0 saturated heterocycles. The highest BCUT2D eigenvalue weighted by Gasteiger charge is 2.38. The van der Waals surface area contributed by atoms with Gasteiger partial charge in [0.15, 0.2) is 0 Å². The molecule has 2 aliphatic rings. The molecule has 0 saturated carbocycles. The molecule has 0 bridgehead atoms. The summed E-state index contributed by atoms with van der Waals surface area (Å²) in [7, 11) is 1.49. The summed E-state index contributed by atoms with van der Waals surface area (Å²) in [6.45, 7) is 3.78. The van der Waals surface area contributed by atoms with Crippen LogP contribution in [0.1, 0.15) is 66.1 Å². The van der Waals surface area contributed by atoms with E-state index < -0.39 is 48.3 Å². The van der Waals surface area contributed by atoms with Crippen molar-refractivity contribution in [2.75, 3.05) is 16.5 Å². The van der Waals surface area contributed by atoms with Crippen molar-refractivity contribution in [3.63, 3.8) is 0 Å². The van der Waals surface area contributed by atoms with Crippen molar-refractivity contribution in [1.29, 1.82) is 0 Å². The molecular weight excluding hydrogens is 586 g/mol. The van der Waals surface area contributed by atoms with Crippen LogP contribution in [0.15, 0.2) is 30.3 Å². The van der Waals surface area contributed by atoms with Gasteiger partial charge in [-0.25, -0.2) is 9.86 Å². The van der Waals surface area contributed by atoms with Crippen LogP contribution in [0, 0.1) is 0 Å². The molecular formula is C27H28F6N6O4. The van der Waals surface area contributed by atoms with E-state index in [1.165, 1.54) is 17.0 Å². The van der Waals surface area contributed by atoms with E-state index >= 15 is 0 Å². The van der Waals surface area contributed by atoms with E-state index in [0.29, 0.717) is 49.4 Å². The van der Waals surface area contributed by atoms with Crippen LogP contribution in [-0.2, 0) is 53.5 Å². The molecule has 0 unspecified atom stereocenters. The molecule has 10 nitrogen and oxygen atoms in total. The van der Waals surface area contributed by atoms with Crippen molar-refractivity contribution in [3.05, 3.63) is 63.7 Å². The van der Waals surface area contributed by atoms with E-state index in [1.807, 2.05) is 6.07 Å². The average molecular weight is 615 g/mol. The molecule has 5 rings (SSSR count). The van der Waals surface area contributed by atoms with Crippen LogP contribution in [0.25, 0.3) is 0 Å². The van der Waals surface area contributed by atoms with Gasteiger partial charge in [0.2, 0.25) is 0 Å². The molecule has 0 radical (unpaired) electrons. The smallest absolute Gasteiger partial charge is 0.430 e. The van der Waals surface area contributed by atoms with Gasteiger partial charge in [-0.1, -0.05) is 5.10 Å². The van der Waals surface area contributed by atoms with Gasteiger partial charge in [-0.2, -0.15) is 31.1 Å². The lowest BCUT2D eigenvalue weighted by Crippen LogP contribution is -2.31. The standard InChI is InChI=1S/C27H28F6N6O4/c1-15(2)42-25(40)43-39-6-4-5-22(21-9-17-13-41-14-18(17)10-23(21)39)38(24-34-36-37(3)35-24)12-16-7-19(26(28,29)30)11-20(8-16)27(31,32)33/h7-11,15,22H,4-6,12-14H2,1-3H3/t22-/m0/s1. The van der Waals surface area contributed by atoms with Crippen LogP contribution < -0.4 is 9.96 Å². The molecule has 1 aromatic heterocycles. The summed E-state index contributed by atoms with van der Waals surface area (Å²) in [5, 5.41) is 13.5. The van der Waals surface area contributed by atoms with Crippen LogP contribution in [0.4, 0.5) is 42.8 Å². The number of halogens is 6. The highest BCUT2D eigenvalue weighted by Crippen LogP contribution is 2.43. The summed E-state index contributed by atoms with van der Waals surface area (Å²) in [5.41, 5.74) is -0.342. The van der Waals surface area contributed by atoms with Crippen molar-refractivity contribution in [1.82, 2.24) is 20.2 Å². The third-order valence-electron chi connectivity index (χ3n) is 6.98. The van der Waals surface area contributed by atoms with Crippen LogP contribution in [0.3, 0.4) is 0 Å². The van der Waals surface area contributed by atoms with Crippen LogP contribution >= 0.6 is 0 Å². The monoisotopic (exact) mass is 614 g/mol. The molecule has 3 aromatic rings. The van der Waals surface area contributed by atoms with Gasteiger partial charge in [0.05, 0.1) is 55.8 Å². The number of aromatic nitrogens is 4. The normalized spacial score (nSPS) is 17.0. The van der Waals surface area contributed by atoms with Gasteiger partial charge in [-0.05, 0) is 78.9 Å². The van der Waals surface area contributed by atoms with Crippen molar-refractivity contribution in [3.8, 4) is 0 Å². The maximum absolute atomic E-state index is 13.7. The lowest BCUT2D eigenvalue weighted by molar-refractivity contribution is -0.143. The van der Waals surface area contributed by atoms with Crippen LogP contribution in [0.2, 0.25) is 0 Å². The van der Waals surface area contributed by atoms with Gasteiger partial charge in [0, 0.05) is 12.1 Å².